The van der Waals surface area contributed by atoms with E-state index in [-0.39, 0.29) is 30.4 Å². The van der Waals surface area contributed by atoms with Gasteiger partial charge in [-0.3, -0.25) is 9.59 Å². The fourth-order valence-corrected chi connectivity index (χ4v) is 4.59. The first-order chi connectivity index (χ1) is 14.4. The van der Waals surface area contributed by atoms with Gasteiger partial charge in [0.25, 0.3) is 5.91 Å². The van der Waals surface area contributed by atoms with E-state index in [1.54, 1.807) is 24.3 Å². The molecule has 1 aliphatic carbocycles. The highest BCUT2D eigenvalue weighted by atomic mass is 16.5. The van der Waals surface area contributed by atoms with E-state index < -0.39 is 5.54 Å². The lowest BCUT2D eigenvalue weighted by atomic mass is 9.79. The fraction of sp³-hybridized carbons (Fsp3) is 0.609. The second-order valence-corrected chi connectivity index (χ2v) is 8.59. The number of hydrogen-bond acceptors (Lipinski definition) is 4. The van der Waals surface area contributed by atoms with Crippen molar-refractivity contribution in [2.24, 2.45) is 0 Å². The van der Waals surface area contributed by atoms with Crippen LogP contribution in [0.15, 0.2) is 24.3 Å². The van der Waals surface area contributed by atoms with E-state index in [1.165, 1.54) is 13.5 Å². The summed E-state index contributed by atoms with van der Waals surface area (Å²) in [5.74, 6) is -0.274. The number of esters is 1. The summed E-state index contributed by atoms with van der Waals surface area (Å²) in [4.78, 5) is 39.2. The van der Waals surface area contributed by atoms with Crippen molar-refractivity contribution in [3.63, 3.8) is 0 Å². The zero-order valence-corrected chi connectivity index (χ0v) is 18.0. The maximum absolute atomic E-state index is 12.8. The maximum Gasteiger partial charge on any atom is 0.319 e. The van der Waals surface area contributed by atoms with Crippen LogP contribution in [0, 0.1) is 0 Å². The zero-order chi connectivity index (χ0) is 21.6. The number of nitrogens with zero attached hydrogens (tertiary/aromatic N) is 1. The van der Waals surface area contributed by atoms with Gasteiger partial charge in [-0.1, -0.05) is 19.3 Å². The summed E-state index contributed by atoms with van der Waals surface area (Å²) in [7, 11) is 1.37. The Balaban J connectivity index is 1.60. The predicted molar refractivity (Wildman–Crippen MR) is 115 cm³/mol. The van der Waals surface area contributed by atoms with Crippen molar-refractivity contribution in [1.29, 1.82) is 0 Å². The van der Waals surface area contributed by atoms with Gasteiger partial charge in [-0.15, -0.1) is 0 Å². The number of anilines is 1. The molecule has 0 aromatic heterocycles. The Morgan fingerprint density at radius 1 is 1.07 bits per heavy atom. The predicted octanol–water partition coefficient (Wildman–Crippen LogP) is 4.09. The number of ether oxygens (including phenoxy) is 1. The topological polar surface area (TPSA) is 87.7 Å². The Hall–Kier alpha value is -2.57. The number of methoxy groups -OCH3 is 1. The second-order valence-electron chi connectivity index (χ2n) is 8.59. The van der Waals surface area contributed by atoms with Crippen molar-refractivity contribution in [2.45, 2.75) is 76.3 Å². The highest BCUT2D eigenvalue weighted by Crippen LogP contribution is 2.31. The first kappa shape index (κ1) is 22.1. The van der Waals surface area contributed by atoms with Gasteiger partial charge in [0.2, 0.25) is 0 Å². The Labute approximate surface area is 178 Å². The average molecular weight is 416 g/mol. The molecule has 0 spiro atoms. The van der Waals surface area contributed by atoms with E-state index in [0.29, 0.717) is 11.3 Å². The zero-order valence-electron chi connectivity index (χ0n) is 18.0. The van der Waals surface area contributed by atoms with Gasteiger partial charge >= 0.3 is 12.0 Å². The first-order valence-electron chi connectivity index (χ1n) is 11.0. The van der Waals surface area contributed by atoms with Crippen LogP contribution >= 0.6 is 0 Å². The van der Waals surface area contributed by atoms with Gasteiger partial charge in [-0.25, -0.2) is 4.79 Å². The quantitative estimate of drug-likeness (QED) is 0.709. The van der Waals surface area contributed by atoms with Crippen LogP contribution < -0.4 is 10.6 Å². The molecular formula is C23H33N3O4. The van der Waals surface area contributed by atoms with Crippen molar-refractivity contribution in [2.75, 3.05) is 19.0 Å². The van der Waals surface area contributed by atoms with Gasteiger partial charge in [0, 0.05) is 23.8 Å². The maximum atomic E-state index is 12.8. The molecule has 2 N–H and O–H groups in total. The molecule has 3 rings (SSSR count). The number of benzene rings is 1. The minimum absolute atomic E-state index is 0.0393. The Kier molecular flexibility index (Phi) is 7.34. The van der Waals surface area contributed by atoms with E-state index in [4.69, 9.17) is 4.74 Å². The molecule has 1 aromatic carbocycles. The number of amides is 3. The molecule has 3 amide bonds. The number of carbonyl (C=O) groups excluding carboxylic acids is 3. The van der Waals surface area contributed by atoms with Crippen molar-refractivity contribution >= 4 is 23.6 Å². The van der Waals surface area contributed by atoms with Crippen molar-refractivity contribution < 1.29 is 19.1 Å². The van der Waals surface area contributed by atoms with Crippen LogP contribution in [-0.4, -0.2) is 48.0 Å². The van der Waals surface area contributed by atoms with Crippen molar-refractivity contribution in [3.8, 4) is 0 Å². The third-order valence-corrected chi connectivity index (χ3v) is 6.35. The van der Waals surface area contributed by atoms with E-state index in [0.717, 1.165) is 51.5 Å². The molecule has 1 aromatic rings. The first-order valence-corrected chi connectivity index (χ1v) is 11.0. The lowest BCUT2D eigenvalue weighted by molar-refractivity contribution is -0.142. The number of urea groups is 1. The summed E-state index contributed by atoms with van der Waals surface area (Å²) < 4.78 is 4.82. The van der Waals surface area contributed by atoms with Crippen molar-refractivity contribution in [3.05, 3.63) is 29.8 Å². The highest BCUT2D eigenvalue weighted by Gasteiger charge is 2.36. The summed E-state index contributed by atoms with van der Waals surface area (Å²) in [6, 6.07) is 6.92. The lowest BCUT2D eigenvalue weighted by Crippen LogP contribution is -2.52. The third-order valence-electron chi connectivity index (χ3n) is 6.35. The number of carbonyl (C=O) groups is 3. The van der Waals surface area contributed by atoms with Gasteiger partial charge in [0.1, 0.15) is 0 Å². The van der Waals surface area contributed by atoms with Crippen LogP contribution in [0.4, 0.5) is 10.5 Å². The molecule has 2 fully saturated rings. The monoisotopic (exact) mass is 415 g/mol. The van der Waals surface area contributed by atoms with Crippen LogP contribution in [0.5, 0.6) is 0 Å². The van der Waals surface area contributed by atoms with Crippen LogP contribution in [0.1, 0.15) is 75.1 Å². The van der Waals surface area contributed by atoms with Gasteiger partial charge in [0.05, 0.1) is 19.1 Å². The molecule has 30 heavy (non-hydrogen) atoms. The summed E-state index contributed by atoms with van der Waals surface area (Å²) in [6.45, 7) is 2.89. The lowest BCUT2D eigenvalue weighted by Gasteiger charge is -2.37. The summed E-state index contributed by atoms with van der Waals surface area (Å²) in [6.07, 6.45) is 8.01. The molecule has 1 heterocycles. The summed E-state index contributed by atoms with van der Waals surface area (Å²) >= 11 is 0. The minimum Gasteiger partial charge on any atom is -0.469 e. The number of likely N-dealkylation sites (tertiary alicyclic amines) is 1. The molecule has 1 atom stereocenters. The molecule has 7 heteroatoms. The Bertz CT molecular complexity index is 756. The molecule has 0 unspecified atom stereocenters. The number of piperidine rings is 1. The number of hydrogen-bond donors (Lipinski definition) is 2. The smallest absolute Gasteiger partial charge is 0.319 e. The van der Waals surface area contributed by atoms with Gasteiger partial charge in [0.15, 0.2) is 0 Å². The van der Waals surface area contributed by atoms with E-state index in [2.05, 4.69) is 17.6 Å². The number of rotatable bonds is 5. The Morgan fingerprint density at radius 2 is 1.77 bits per heavy atom. The fourth-order valence-electron chi connectivity index (χ4n) is 4.59. The molecule has 164 valence electrons. The molecule has 0 bridgehead atoms. The normalized spacial score (nSPS) is 20.9. The largest absolute Gasteiger partial charge is 0.469 e. The standard InChI is InChI=1S/C23H33N3O4/c1-17-8-4-7-15-26(17)21(28)18-9-11-19(12-10-18)24-22(29)25-23(16-20(27)30-2)13-5-3-6-14-23/h9-12,17H,3-8,13-16H2,1-2H3,(H2,24,25,29)/t17-/m1/s1. The van der Waals surface area contributed by atoms with Crippen LogP contribution in [-0.2, 0) is 9.53 Å². The molecule has 2 aliphatic rings. The molecule has 7 nitrogen and oxygen atoms in total. The molecule has 0 radical (unpaired) electrons. The van der Waals surface area contributed by atoms with E-state index in [1.807, 2.05) is 4.90 Å². The molecule has 1 aliphatic heterocycles. The van der Waals surface area contributed by atoms with E-state index >= 15 is 0 Å². The van der Waals surface area contributed by atoms with Gasteiger partial charge in [-0.05, 0) is 63.3 Å². The Morgan fingerprint density at radius 3 is 2.40 bits per heavy atom. The second kappa shape index (κ2) is 9.96. The summed E-state index contributed by atoms with van der Waals surface area (Å²) in [5, 5.41) is 5.85. The SMILES string of the molecule is COC(=O)CC1(NC(=O)Nc2ccc(C(=O)N3CCCC[C@H]3C)cc2)CCCCC1. The van der Waals surface area contributed by atoms with Gasteiger partial charge in [-0.2, -0.15) is 0 Å². The highest BCUT2D eigenvalue weighted by molar-refractivity contribution is 5.96. The van der Waals surface area contributed by atoms with E-state index in [9.17, 15) is 14.4 Å². The van der Waals surface area contributed by atoms with Crippen LogP contribution in [0.2, 0.25) is 0 Å². The third kappa shape index (κ3) is 5.52. The minimum atomic E-state index is -0.560. The van der Waals surface area contributed by atoms with Crippen LogP contribution in [0.25, 0.3) is 0 Å². The molecule has 1 saturated carbocycles. The number of nitrogens with one attached hydrogen (secondary N) is 2. The van der Waals surface area contributed by atoms with Gasteiger partial charge < -0.3 is 20.3 Å². The van der Waals surface area contributed by atoms with Crippen molar-refractivity contribution in [1.82, 2.24) is 10.2 Å². The molecular weight excluding hydrogens is 382 g/mol. The summed E-state index contributed by atoms with van der Waals surface area (Å²) in [5.41, 5.74) is 0.680. The van der Waals surface area contributed by atoms with Crippen LogP contribution in [0.3, 0.4) is 0 Å². The average Bonchev–Trinajstić information content (AvgIpc) is 2.74. The molecule has 1 saturated heterocycles.